The van der Waals surface area contributed by atoms with Crippen LogP contribution in [-0.4, -0.2) is 45.9 Å². The molecule has 2 heterocycles. The molecule has 0 saturated carbocycles. The van der Waals surface area contributed by atoms with Crippen molar-refractivity contribution < 1.29 is 9.59 Å². The first kappa shape index (κ1) is 20.4. The van der Waals surface area contributed by atoms with Crippen LogP contribution in [0.3, 0.4) is 0 Å². The minimum atomic E-state index is -0.185. The van der Waals surface area contributed by atoms with Gasteiger partial charge < -0.3 is 14.8 Å². The standard InChI is InChI=1S/C23H25ClN4O2/c1-16-26-20-6-2-3-7-21(20)28(16)14-12-25-22(29)18-5-4-13-27(15-18)23(30)17-8-10-19(24)11-9-17/h2-3,6-11,18H,4-5,12-15H2,1H3,(H,25,29). The topological polar surface area (TPSA) is 67.2 Å². The van der Waals surface area contributed by atoms with E-state index < -0.39 is 0 Å². The second-order valence-electron chi connectivity index (χ2n) is 7.69. The Bertz CT molecular complexity index is 1060. The first-order valence-electron chi connectivity index (χ1n) is 10.3. The third-order valence-corrected chi connectivity index (χ3v) is 5.90. The third-order valence-electron chi connectivity index (χ3n) is 5.65. The number of hydrogen-bond acceptors (Lipinski definition) is 3. The van der Waals surface area contributed by atoms with E-state index in [-0.39, 0.29) is 17.7 Å². The van der Waals surface area contributed by atoms with E-state index in [2.05, 4.69) is 14.9 Å². The van der Waals surface area contributed by atoms with Crippen LogP contribution in [0, 0.1) is 12.8 Å². The Morgan fingerprint density at radius 2 is 1.93 bits per heavy atom. The molecule has 4 rings (SSSR count). The molecule has 1 N–H and O–H groups in total. The van der Waals surface area contributed by atoms with Crippen molar-refractivity contribution in [3.05, 3.63) is 64.9 Å². The Labute approximate surface area is 180 Å². The van der Waals surface area contributed by atoms with Gasteiger partial charge in [-0.3, -0.25) is 9.59 Å². The Morgan fingerprint density at radius 3 is 2.73 bits per heavy atom. The molecular weight excluding hydrogens is 400 g/mol. The number of nitrogens with zero attached hydrogens (tertiary/aromatic N) is 3. The van der Waals surface area contributed by atoms with Gasteiger partial charge in [0, 0.05) is 36.8 Å². The number of rotatable bonds is 5. The lowest BCUT2D eigenvalue weighted by Gasteiger charge is -2.32. The highest BCUT2D eigenvalue weighted by Gasteiger charge is 2.28. The van der Waals surface area contributed by atoms with Gasteiger partial charge in [-0.1, -0.05) is 23.7 Å². The number of aryl methyl sites for hydroxylation is 1. The smallest absolute Gasteiger partial charge is 0.253 e. The number of halogens is 1. The summed E-state index contributed by atoms with van der Waals surface area (Å²) in [4.78, 5) is 31.8. The zero-order chi connectivity index (χ0) is 21.1. The fraction of sp³-hybridized carbons (Fsp3) is 0.348. The van der Waals surface area contributed by atoms with Gasteiger partial charge in [-0.25, -0.2) is 4.98 Å². The Morgan fingerprint density at radius 1 is 1.17 bits per heavy atom. The SMILES string of the molecule is Cc1nc2ccccc2n1CCNC(=O)C1CCCN(C(=O)c2ccc(Cl)cc2)C1. The summed E-state index contributed by atoms with van der Waals surface area (Å²) in [6, 6.07) is 14.9. The quantitative estimate of drug-likeness (QED) is 0.679. The van der Waals surface area contributed by atoms with Crippen molar-refractivity contribution in [1.82, 2.24) is 19.8 Å². The van der Waals surface area contributed by atoms with Gasteiger partial charge in [0.05, 0.1) is 17.0 Å². The lowest BCUT2D eigenvalue weighted by molar-refractivity contribution is -0.126. The van der Waals surface area contributed by atoms with E-state index in [1.807, 2.05) is 31.2 Å². The number of para-hydroxylation sites is 2. The molecule has 0 aliphatic carbocycles. The molecule has 1 unspecified atom stereocenters. The lowest BCUT2D eigenvalue weighted by Crippen LogP contribution is -2.45. The monoisotopic (exact) mass is 424 g/mol. The van der Waals surface area contributed by atoms with Crippen molar-refractivity contribution in [2.75, 3.05) is 19.6 Å². The molecule has 1 fully saturated rings. The molecule has 1 aliphatic heterocycles. The Balaban J connectivity index is 1.33. The molecule has 30 heavy (non-hydrogen) atoms. The summed E-state index contributed by atoms with van der Waals surface area (Å²) in [6.07, 6.45) is 1.62. The van der Waals surface area contributed by atoms with Crippen molar-refractivity contribution in [2.45, 2.75) is 26.3 Å². The summed E-state index contributed by atoms with van der Waals surface area (Å²) in [5, 5.41) is 3.65. The lowest BCUT2D eigenvalue weighted by atomic mass is 9.96. The summed E-state index contributed by atoms with van der Waals surface area (Å²) in [7, 11) is 0. The third kappa shape index (κ3) is 4.33. The normalized spacial score (nSPS) is 16.6. The van der Waals surface area contributed by atoms with E-state index in [1.54, 1.807) is 29.2 Å². The number of carbonyl (C=O) groups excluding carboxylic acids is 2. The maximum absolute atomic E-state index is 12.8. The van der Waals surface area contributed by atoms with Crippen molar-refractivity contribution in [3.63, 3.8) is 0 Å². The number of carbonyl (C=O) groups is 2. The van der Waals surface area contributed by atoms with Gasteiger partial charge in [0.2, 0.25) is 5.91 Å². The highest BCUT2D eigenvalue weighted by atomic mass is 35.5. The molecule has 1 aromatic heterocycles. The van der Waals surface area contributed by atoms with Crippen molar-refractivity contribution in [2.24, 2.45) is 5.92 Å². The van der Waals surface area contributed by atoms with E-state index in [0.717, 1.165) is 29.7 Å². The van der Waals surface area contributed by atoms with Crippen LogP contribution in [0.25, 0.3) is 11.0 Å². The molecule has 0 radical (unpaired) electrons. The molecular formula is C23H25ClN4O2. The van der Waals surface area contributed by atoms with Gasteiger partial charge in [0.15, 0.2) is 0 Å². The molecule has 7 heteroatoms. The summed E-state index contributed by atoms with van der Waals surface area (Å²) in [5.41, 5.74) is 2.63. The zero-order valence-electron chi connectivity index (χ0n) is 17.0. The van der Waals surface area contributed by atoms with Crippen LogP contribution in [0.1, 0.15) is 29.0 Å². The van der Waals surface area contributed by atoms with Crippen molar-refractivity contribution in [1.29, 1.82) is 0 Å². The molecule has 2 aromatic carbocycles. The van der Waals surface area contributed by atoms with Crippen LogP contribution >= 0.6 is 11.6 Å². The largest absolute Gasteiger partial charge is 0.354 e. The summed E-state index contributed by atoms with van der Waals surface area (Å²) in [6.45, 7) is 4.29. The van der Waals surface area contributed by atoms with Gasteiger partial charge in [-0.05, 0) is 56.2 Å². The van der Waals surface area contributed by atoms with Crippen LogP contribution in [-0.2, 0) is 11.3 Å². The van der Waals surface area contributed by atoms with E-state index in [1.165, 1.54) is 0 Å². The van der Waals surface area contributed by atoms with Crippen LogP contribution in [0.2, 0.25) is 5.02 Å². The van der Waals surface area contributed by atoms with E-state index in [4.69, 9.17) is 11.6 Å². The average molecular weight is 425 g/mol. The van der Waals surface area contributed by atoms with Gasteiger partial charge in [0.1, 0.15) is 5.82 Å². The number of likely N-dealkylation sites (tertiary alicyclic amines) is 1. The number of amides is 2. The van der Waals surface area contributed by atoms with E-state index in [0.29, 0.717) is 36.8 Å². The number of aromatic nitrogens is 2. The van der Waals surface area contributed by atoms with Gasteiger partial charge in [0.25, 0.3) is 5.91 Å². The van der Waals surface area contributed by atoms with Crippen molar-refractivity contribution >= 4 is 34.4 Å². The number of fused-ring (bicyclic) bond motifs is 1. The highest BCUT2D eigenvalue weighted by Crippen LogP contribution is 2.20. The van der Waals surface area contributed by atoms with Crippen LogP contribution in [0.5, 0.6) is 0 Å². The number of piperidine rings is 1. The molecule has 0 spiro atoms. The average Bonchev–Trinajstić information content (AvgIpc) is 3.09. The number of nitrogens with one attached hydrogen (secondary N) is 1. The molecule has 2 amide bonds. The Kier molecular flexibility index (Phi) is 6.04. The molecule has 1 aliphatic rings. The maximum atomic E-state index is 12.8. The summed E-state index contributed by atoms with van der Waals surface area (Å²) < 4.78 is 2.12. The summed E-state index contributed by atoms with van der Waals surface area (Å²) >= 11 is 5.91. The van der Waals surface area contributed by atoms with Gasteiger partial charge in [-0.15, -0.1) is 0 Å². The van der Waals surface area contributed by atoms with Gasteiger partial charge >= 0.3 is 0 Å². The number of benzene rings is 2. The first-order chi connectivity index (χ1) is 14.5. The minimum absolute atomic E-state index is 0.00526. The predicted molar refractivity (Wildman–Crippen MR) is 118 cm³/mol. The molecule has 1 saturated heterocycles. The van der Waals surface area contributed by atoms with Crippen LogP contribution in [0.15, 0.2) is 48.5 Å². The molecule has 3 aromatic rings. The van der Waals surface area contributed by atoms with E-state index in [9.17, 15) is 9.59 Å². The molecule has 156 valence electrons. The first-order valence-corrected chi connectivity index (χ1v) is 10.6. The number of hydrogen-bond donors (Lipinski definition) is 1. The fourth-order valence-electron chi connectivity index (χ4n) is 4.06. The minimum Gasteiger partial charge on any atom is -0.354 e. The number of imidazole rings is 1. The van der Waals surface area contributed by atoms with Crippen molar-refractivity contribution in [3.8, 4) is 0 Å². The van der Waals surface area contributed by atoms with Gasteiger partial charge in [-0.2, -0.15) is 0 Å². The maximum Gasteiger partial charge on any atom is 0.253 e. The molecule has 0 bridgehead atoms. The zero-order valence-corrected chi connectivity index (χ0v) is 17.7. The molecule has 1 atom stereocenters. The van der Waals surface area contributed by atoms with Crippen LogP contribution in [0.4, 0.5) is 0 Å². The fourth-order valence-corrected chi connectivity index (χ4v) is 4.19. The second kappa shape index (κ2) is 8.88. The predicted octanol–water partition coefficient (Wildman–Crippen LogP) is 3.67. The summed E-state index contributed by atoms with van der Waals surface area (Å²) in [5.74, 6) is 0.703. The van der Waals surface area contributed by atoms with E-state index >= 15 is 0 Å². The molecule has 6 nitrogen and oxygen atoms in total. The Hall–Kier alpha value is -2.86. The second-order valence-corrected chi connectivity index (χ2v) is 8.12. The van der Waals surface area contributed by atoms with Crippen LogP contribution < -0.4 is 5.32 Å². The highest BCUT2D eigenvalue weighted by molar-refractivity contribution is 6.30.